The van der Waals surface area contributed by atoms with Crippen LogP contribution in [-0.2, 0) is 12.6 Å². The van der Waals surface area contributed by atoms with Gasteiger partial charge in [-0.25, -0.2) is 4.39 Å². The molecule has 0 radical (unpaired) electrons. The predicted molar refractivity (Wildman–Crippen MR) is 71.1 cm³/mol. The molecule has 1 unspecified atom stereocenters. The molecule has 2 rings (SSSR count). The van der Waals surface area contributed by atoms with E-state index in [1.54, 1.807) is 7.05 Å². The van der Waals surface area contributed by atoms with Gasteiger partial charge in [0.25, 0.3) is 0 Å². The van der Waals surface area contributed by atoms with Gasteiger partial charge in [0.1, 0.15) is 5.82 Å². The van der Waals surface area contributed by atoms with Gasteiger partial charge in [0.05, 0.1) is 11.8 Å². The fourth-order valence-corrected chi connectivity index (χ4v) is 2.07. The average Bonchev–Trinajstić information content (AvgIpc) is 2.44. The van der Waals surface area contributed by atoms with E-state index in [1.165, 1.54) is 24.4 Å². The quantitative estimate of drug-likeness (QED) is 0.870. The van der Waals surface area contributed by atoms with Crippen LogP contribution in [0.15, 0.2) is 42.7 Å². The smallest absolute Gasteiger partial charge is 0.313 e. The molecule has 1 aromatic heterocycles. The van der Waals surface area contributed by atoms with Crippen molar-refractivity contribution in [3.63, 3.8) is 0 Å². The minimum Gasteiger partial charge on any atom is -0.313 e. The Balaban J connectivity index is 2.15. The van der Waals surface area contributed by atoms with Crippen LogP contribution in [-0.4, -0.2) is 12.0 Å². The summed E-state index contributed by atoms with van der Waals surface area (Å²) in [5.41, 5.74) is 0.698. The predicted octanol–water partition coefficient (Wildman–Crippen LogP) is 3.74. The van der Waals surface area contributed by atoms with Crippen LogP contribution in [0.25, 0.3) is 0 Å². The van der Waals surface area contributed by atoms with Gasteiger partial charge in [-0.05, 0) is 42.8 Å². The number of nitrogens with zero attached hydrogens (tertiary/aromatic N) is 1. The highest BCUT2D eigenvalue weighted by atomic mass is 19.4. The highest BCUT2D eigenvalue weighted by Gasteiger charge is 2.30. The third-order valence-electron chi connectivity index (χ3n) is 3.20. The molecule has 0 aliphatic heterocycles. The monoisotopic (exact) mass is 298 g/mol. The molecule has 0 bridgehead atoms. The minimum atomic E-state index is -4.34. The number of rotatable bonds is 4. The zero-order chi connectivity index (χ0) is 15.5. The summed E-state index contributed by atoms with van der Waals surface area (Å²) < 4.78 is 50.7. The Hall–Kier alpha value is -1.95. The molecular weight excluding hydrogens is 284 g/mol. The molecule has 1 heterocycles. The number of pyridine rings is 1. The molecular formula is C15H14F4N2. The first kappa shape index (κ1) is 15.4. The van der Waals surface area contributed by atoms with Crippen LogP contribution in [0.4, 0.5) is 17.6 Å². The molecule has 1 atom stereocenters. The van der Waals surface area contributed by atoms with E-state index in [2.05, 4.69) is 10.3 Å². The van der Waals surface area contributed by atoms with Gasteiger partial charge in [0.15, 0.2) is 0 Å². The summed E-state index contributed by atoms with van der Waals surface area (Å²) in [5, 5.41) is 3.01. The fraction of sp³-hybridized carbons (Fsp3) is 0.267. The summed E-state index contributed by atoms with van der Waals surface area (Å²) in [5.74, 6) is -0.444. The van der Waals surface area contributed by atoms with Crippen molar-refractivity contribution < 1.29 is 17.6 Å². The normalized spacial score (nSPS) is 13.2. The Kier molecular flexibility index (Phi) is 4.57. The van der Waals surface area contributed by atoms with Crippen LogP contribution in [0.1, 0.15) is 22.7 Å². The lowest BCUT2D eigenvalue weighted by Gasteiger charge is -2.17. The lowest BCUT2D eigenvalue weighted by Crippen LogP contribution is -2.19. The molecule has 2 nitrogen and oxygen atoms in total. The Morgan fingerprint density at radius 3 is 2.33 bits per heavy atom. The van der Waals surface area contributed by atoms with E-state index in [-0.39, 0.29) is 6.04 Å². The largest absolute Gasteiger partial charge is 0.416 e. The number of likely N-dealkylation sites (N-methyl/N-ethyl adjacent to an activating group) is 1. The highest BCUT2D eigenvalue weighted by Crippen LogP contribution is 2.29. The zero-order valence-corrected chi connectivity index (χ0v) is 11.3. The summed E-state index contributed by atoms with van der Waals surface area (Å²) in [6.07, 6.45) is -1.25. The van der Waals surface area contributed by atoms with E-state index >= 15 is 0 Å². The van der Waals surface area contributed by atoms with Crippen LogP contribution in [0, 0.1) is 5.82 Å². The molecule has 0 fully saturated rings. The first-order chi connectivity index (χ1) is 9.90. The first-order valence-electron chi connectivity index (χ1n) is 6.34. The fourth-order valence-electron chi connectivity index (χ4n) is 2.07. The van der Waals surface area contributed by atoms with Gasteiger partial charge < -0.3 is 5.32 Å². The van der Waals surface area contributed by atoms with Gasteiger partial charge in [0, 0.05) is 12.2 Å². The van der Waals surface area contributed by atoms with Crippen molar-refractivity contribution in [2.75, 3.05) is 7.05 Å². The van der Waals surface area contributed by atoms with Gasteiger partial charge in [-0.2, -0.15) is 13.2 Å². The number of hydrogen-bond acceptors (Lipinski definition) is 2. The average molecular weight is 298 g/mol. The van der Waals surface area contributed by atoms with Crippen LogP contribution >= 0.6 is 0 Å². The van der Waals surface area contributed by atoms with E-state index in [9.17, 15) is 17.6 Å². The second-order valence-corrected chi connectivity index (χ2v) is 4.68. The minimum absolute atomic E-state index is 0.218. The van der Waals surface area contributed by atoms with Gasteiger partial charge in [0.2, 0.25) is 0 Å². The van der Waals surface area contributed by atoms with Crippen molar-refractivity contribution in [2.24, 2.45) is 0 Å². The third kappa shape index (κ3) is 4.01. The number of hydrogen-bond donors (Lipinski definition) is 1. The summed E-state index contributed by atoms with van der Waals surface area (Å²) >= 11 is 0. The molecule has 0 saturated carbocycles. The third-order valence-corrected chi connectivity index (χ3v) is 3.20. The molecule has 6 heteroatoms. The topological polar surface area (TPSA) is 24.9 Å². The van der Waals surface area contributed by atoms with Crippen LogP contribution in [0.5, 0.6) is 0 Å². The van der Waals surface area contributed by atoms with Gasteiger partial charge in [-0.1, -0.05) is 12.1 Å². The van der Waals surface area contributed by atoms with Crippen molar-refractivity contribution >= 4 is 0 Å². The van der Waals surface area contributed by atoms with Crippen molar-refractivity contribution in [3.8, 4) is 0 Å². The molecule has 1 aromatic carbocycles. The molecule has 0 aliphatic carbocycles. The molecule has 0 aliphatic rings. The molecule has 0 saturated heterocycles. The number of aromatic nitrogens is 1. The second-order valence-electron chi connectivity index (χ2n) is 4.68. The summed E-state index contributed by atoms with van der Waals surface area (Å²) in [6, 6.07) is 6.10. The van der Waals surface area contributed by atoms with Crippen molar-refractivity contribution in [3.05, 3.63) is 65.2 Å². The maximum atomic E-state index is 13.2. The van der Waals surface area contributed by atoms with E-state index in [1.807, 2.05) is 0 Å². The second kappa shape index (κ2) is 6.22. The summed E-state index contributed by atoms with van der Waals surface area (Å²) in [4.78, 5) is 3.78. The Bertz CT molecular complexity index is 593. The number of benzene rings is 1. The first-order valence-corrected chi connectivity index (χ1v) is 6.34. The van der Waals surface area contributed by atoms with Crippen LogP contribution < -0.4 is 5.32 Å². The number of nitrogens with one attached hydrogen (secondary N) is 1. The summed E-state index contributed by atoms with van der Waals surface area (Å²) in [6.45, 7) is 0. The summed E-state index contributed by atoms with van der Waals surface area (Å²) in [7, 11) is 1.71. The van der Waals surface area contributed by atoms with Gasteiger partial charge >= 0.3 is 6.18 Å². The standard InChI is InChI=1S/C15H14F4N2/c1-20-14(11-7-13(16)9-21-8-11)6-10-2-4-12(5-3-10)15(17,18)19/h2-5,7-9,14,20H,6H2,1H3. The lowest BCUT2D eigenvalue weighted by molar-refractivity contribution is -0.137. The number of alkyl halides is 3. The van der Waals surface area contributed by atoms with Crippen molar-refractivity contribution in [1.29, 1.82) is 0 Å². The van der Waals surface area contributed by atoms with Crippen LogP contribution in [0.3, 0.4) is 0 Å². The Morgan fingerprint density at radius 1 is 1.14 bits per heavy atom. The van der Waals surface area contributed by atoms with Crippen molar-refractivity contribution in [2.45, 2.75) is 18.6 Å². The molecule has 2 aromatic rings. The van der Waals surface area contributed by atoms with Gasteiger partial charge in [-0.15, -0.1) is 0 Å². The van der Waals surface area contributed by atoms with Crippen molar-refractivity contribution in [1.82, 2.24) is 10.3 Å². The van der Waals surface area contributed by atoms with E-state index in [0.29, 0.717) is 12.0 Å². The maximum absolute atomic E-state index is 13.2. The molecule has 112 valence electrons. The molecule has 0 spiro atoms. The number of halogens is 4. The Labute approximate surface area is 119 Å². The SMILES string of the molecule is CNC(Cc1ccc(C(F)(F)F)cc1)c1cncc(F)c1. The zero-order valence-electron chi connectivity index (χ0n) is 11.3. The Morgan fingerprint density at radius 2 is 1.81 bits per heavy atom. The van der Waals surface area contributed by atoms with E-state index in [0.717, 1.165) is 23.9 Å². The van der Waals surface area contributed by atoms with E-state index < -0.39 is 17.6 Å². The molecule has 21 heavy (non-hydrogen) atoms. The molecule has 1 N–H and O–H groups in total. The molecule has 0 amide bonds. The van der Waals surface area contributed by atoms with Gasteiger partial charge in [-0.3, -0.25) is 4.98 Å². The van der Waals surface area contributed by atoms with E-state index in [4.69, 9.17) is 0 Å². The lowest BCUT2D eigenvalue weighted by atomic mass is 9.99. The maximum Gasteiger partial charge on any atom is 0.416 e. The highest BCUT2D eigenvalue weighted by molar-refractivity contribution is 5.27. The van der Waals surface area contributed by atoms with Crippen LogP contribution in [0.2, 0.25) is 0 Å².